The molecule has 4 aliphatic carbocycles. The average Bonchev–Trinajstić information content (AvgIpc) is 3.48. The summed E-state index contributed by atoms with van der Waals surface area (Å²) in [5.74, 6) is 3.33. The average molecular weight is 471 g/mol. The lowest BCUT2D eigenvalue weighted by Gasteiger charge is -2.44. The van der Waals surface area contributed by atoms with Crippen molar-refractivity contribution in [1.29, 1.82) is 0 Å². The Morgan fingerprint density at radius 3 is 2.61 bits per heavy atom. The summed E-state index contributed by atoms with van der Waals surface area (Å²) in [6, 6.07) is 0. The molecule has 5 rings (SSSR count). The van der Waals surface area contributed by atoms with E-state index < -0.39 is 9.84 Å². The van der Waals surface area contributed by atoms with Crippen molar-refractivity contribution in [2.75, 3.05) is 5.75 Å². The molecule has 182 valence electrons. The van der Waals surface area contributed by atoms with E-state index in [4.69, 9.17) is 0 Å². The summed E-state index contributed by atoms with van der Waals surface area (Å²) < 4.78 is 26.6. The van der Waals surface area contributed by atoms with Gasteiger partial charge in [-0.1, -0.05) is 51.0 Å². The lowest BCUT2D eigenvalue weighted by Crippen LogP contribution is -2.36. The molecule has 3 saturated carbocycles. The molecule has 33 heavy (non-hydrogen) atoms. The predicted octanol–water partition coefficient (Wildman–Crippen LogP) is 6.46. The monoisotopic (exact) mass is 470 g/mol. The number of hydrogen-bond acceptors (Lipinski definition) is 3. The first-order valence-electron chi connectivity index (χ1n) is 13.5. The molecular formula is C29H42O3S. The van der Waals surface area contributed by atoms with Gasteiger partial charge in [0.1, 0.15) is 5.25 Å². The highest BCUT2D eigenvalue weighted by Crippen LogP contribution is 2.60. The molecule has 0 bridgehead atoms. The van der Waals surface area contributed by atoms with Crippen LogP contribution in [0.3, 0.4) is 0 Å². The Balaban J connectivity index is 1.40. The van der Waals surface area contributed by atoms with Crippen molar-refractivity contribution in [3.05, 3.63) is 34.9 Å². The molecule has 0 spiro atoms. The minimum Gasteiger partial charge on any atom is -0.295 e. The zero-order valence-electron chi connectivity index (χ0n) is 21.0. The predicted molar refractivity (Wildman–Crippen MR) is 134 cm³/mol. The number of allylic oxidation sites excluding steroid dienone is 3. The Labute approximate surface area is 201 Å². The van der Waals surface area contributed by atoms with Crippen LogP contribution < -0.4 is 0 Å². The SMILES string of the molecule is C[C@@H]1CC2=C(CS(=O)(=O)[C@@H]2/C=C2\CCC[C@@]3(C)[C@H]2CC[C@H]3[C@H](C)/C=C/C(=O)C2CC2)[C@@H](C)C1. The molecule has 1 heterocycles. The fourth-order valence-corrected chi connectivity index (χ4v) is 10.3. The fraction of sp³-hybridized carbons (Fsp3) is 0.759. The van der Waals surface area contributed by atoms with Gasteiger partial charge in [0.05, 0.1) is 5.75 Å². The summed E-state index contributed by atoms with van der Waals surface area (Å²) in [6.45, 7) is 9.24. The van der Waals surface area contributed by atoms with Crippen LogP contribution >= 0.6 is 0 Å². The quantitative estimate of drug-likeness (QED) is 0.342. The van der Waals surface area contributed by atoms with Gasteiger partial charge in [0.15, 0.2) is 15.6 Å². The molecular weight excluding hydrogens is 428 g/mol. The summed E-state index contributed by atoms with van der Waals surface area (Å²) in [7, 11) is -3.12. The van der Waals surface area contributed by atoms with Gasteiger partial charge >= 0.3 is 0 Å². The number of ketones is 1. The molecule has 0 saturated heterocycles. The molecule has 3 nitrogen and oxygen atoms in total. The molecule has 3 fully saturated rings. The first kappa shape index (κ1) is 23.6. The first-order chi connectivity index (χ1) is 15.6. The van der Waals surface area contributed by atoms with Crippen LogP contribution in [0, 0.1) is 40.9 Å². The second-order valence-electron chi connectivity index (χ2n) is 12.5. The van der Waals surface area contributed by atoms with Crippen molar-refractivity contribution < 1.29 is 13.2 Å². The zero-order valence-corrected chi connectivity index (χ0v) is 21.8. The van der Waals surface area contributed by atoms with Crippen LogP contribution in [0.1, 0.15) is 85.5 Å². The number of sulfone groups is 1. The second kappa shape index (κ2) is 8.50. The van der Waals surface area contributed by atoms with Crippen LogP contribution in [0.4, 0.5) is 0 Å². The number of fused-ring (bicyclic) bond motifs is 1. The Bertz CT molecular complexity index is 1010. The zero-order chi connectivity index (χ0) is 23.5. The minimum atomic E-state index is -3.12. The Morgan fingerprint density at radius 1 is 1.12 bits per heavy atom. The van der Waals surface area contributed by atoms with E-state index in [1.54, 1.807) is 0 Å². The van der Waals surface area contributed by atoms with Crippen molar-refractivity contribution in [3.63, 3.8) is 0 Å². The number of rotatable bonds is 5. The maximum absolute atomic E-state index is 13.3. The van der Waals surface area contributed by atoms with Crippen molar-refractivity contribution in [2.24, 2.45) is 40.9 Å². The van der Waals surface area contributed by atoms with Crippen LogP contribution in [0.25, 0.3) is 0 Å². The minimum absolute atomic E-state index is 0.212. The highest BCUT2D eigenvalue weighted by atomic mass is 32.2. The smallest absolute Gasteiger partial charge is 0.164 e. The van der Waals surface area contributed by atoms with Crippen LogP contribution in [0.2, 0.25) is 0 Å². The van der Waals surface area contributed by atoms with Crippen molar-refractivity contribution >= 4 is 15.6 Å². The van der Waals surface area contributed by atoms with E-state index in [2.05, 4.69) is 39.8 Å². The van der Waals surface area contributed by atoms with E-state index in [-0.39, 0.29) is 16.4 Å². The van der Waals surface area contributed by atoms with Gasteiger partial charge in [0.2, 0.25) is 0 Å². The number of carbonyl (C=O) groups excluding carboxylic acids is 1. The lowest BCUT2D eigenvalue weighted by molar-refractivity contribution is -0.115. The Kier molecular flexibility index (Phi) is 6.07. The van der Waals surface area contributed by atoms with E-state index in [0.29, 0.717) is 41.3 Å². The van der Waals surface area contributed by atoms with E-state index in [9.17, 15) is 13.2 Å². The molecule has 0 aromatic heterocycles. The third-order valence-corrected chi connectivity index (χ3v) is 11.9. The van der Waals surface area contributed by atoms with Gasteiger partial charge in [-0.05, 0) is 104 Å². The number of hydrogen-bond donors (Lipinski definition) is 0. The van der Waals surface area contributed by atoms with Gasteiger partial charge in [-0.15, -0.1) is 0 Å². The van der Waals surface area contributed by atoms with Crippen LogP contribution in [0.5, 0.6) is 0 Å². The summed E-state index contributed by atoms with van der Waals surface area (Å²) in [5, 5.41) is -0.373. The van der Waals surface area contributed by atoms with Crippen LogP contribution in [-0.4, -0.2) is 25.2 Å². The standard InChI is InChI=1S/C29H42O3S/c1-18-14-20(3)24-17-33(31,32)28(23(24)15-18)16-22-6-5-13-29(4)25(10-11-26(22)29)19(2)7-12-27(30)21-8-9-21/h7,12,16,18-21,25-26,28H,5-6,8-11,13-15,17H2,1-4H3/b12-7+,22-16+/t18-,19+,20-,25-,26-,28+,29+/m0/s1. The van der Waals surface area contributed by atoms with Crippen molar-refractivity contribution in [1.82, 2.24) is 0 Å². The van der Waals surface area contributed by atoms with E-state index in [0.717, 1.165) is 44.9 Å². The molecule has 0 aromatic carbocycles. The highest BCUT2D eigenvalue weighted by molar-refractivity contribution is 7.92. The van der Waals surface area contributed by atoms with E-state index in [1.165, 1.54) is 29.6 Å². The van der Waals surface area contributed by atoms with E-state index in [1.807, 2.05) is 6.08 Å². The largest absolute Gasteiger partial charge is 0.295 e. The highest BCUT2D eigenvalue weighted by Gasteiger charge is 2.51. The second-order valence-corrected chi connectivity index (χ2v) is 14.6. The fourth-order valence-electron chi connectivity index (χ4n) is 8.14. The van der Waals surface area contributed by atoms with Gasteiger partial charge < -0.3 is 0 Å². The van der Waals surface area contributed by atoms with Gasteiger partial charge in [0, 0.05) is 5.92 Å². The third kappa shape index (κ3) is 4.23. The third-order valence-electron chi connectivity index (χ3n) is 10.0. The van der Waals surface area contributed by atoms with Gasteiger partial charge in [-0.3, -0.25) is 4.79 Å². The summed E-state index contributed by atoms with van der Waals surface area (Å²) >= 11 is 0. The topological polar surface area (TPSA) is 51.2 Å². The molecule has 0 radical (unpaired) electrons. The van der Waals surface area contributed by atoms with E-state index >= 15 is 0 Å². The lowest BCUT2D eigenvalue weighted by atomic mass is 9.61. The van der Waals surface area contributed by atoms with Crippen molar-refractivity contribution in [2.45, 2.75) is 90.7 Å². The van der Waals surface area contributed by atoms with Crippen molar-refractivity contribution in [3.8, 4) is 0 Å². The number of carbonyl (C=O) groups is 1. The molecule has 0 N–H and O–H groups in total. The molecule has 5 aliphatic rings. The molecule has 7 atom stereocenters. The summed E-state index contributed by atoms with van der Waals surface area (Å²) in [6.07, 6.45) is 16.2. The Morgan fingerprint density at radius 2 is 1.88 bits per heavy atom. The maximum atomic E-state index is 13.3. The normalized spacial score (nSPS) is 42.5. The van der Waals surface area contributed by atoms with Gasteiger partial charge in [-0.25, -0.2) is 8.42 Å². The Hall–Kier alpha value is -1.16. The molecule has 1 aliphatic heterocycles. The molecule has 0 aromatic rings. The van der Waals surface area contributed by atoms with Gasteiger partial charge in [-0.2, -0.15) is 0 Å². The van der Waals surface area contributed by atoms with Gasteiger partial charge in [0.25, 0.3) is 0 Å². The molecule has 0 unspecified atom stereocenters. The van der Waals surface area contributed by atoms with Crippen LogP contribution in [-0.2, 0) is 14.6 Å². The summed E-state index contributed by atoms with van der Waals surface area (Å²) in [5.41, 5.74) is 4.11. The molecule has 4 heteroatoms. The van der Waals surface area contributed by atoms with Crippen LogP contribution in [0.15, 0.2) is 34.9 Å². The molecule has 0 amide bonds. The first-order valence-corrected chi connectivity index (χ1v) is 15.2. The summed E-state index contributed by atoms with van der Waals surface area (Å²) in [4.78, 5) is 12.2. The maximum Gasteiger partial charge on any atom is 0.164 e.